The van der Waals surface area contributed by atoms with Crippen molar-refractivity contribution in [2.75, 3.05) is 0 Å². The Kier molecular flexibility index (Phi) is 5.26. The highest BCUT2D eigenvalue weighted by Gasteiger charge is 2.35. The largest absolute Gasteiger partial charge is 0.241 e. The van der Waals surface area contributed by atoms with Crippen LogP contribution in [0.3, 0.4) is 0 Å². The highest BCUT2D eigenvalue weighted by Crippen LogP contribution is 2.28. The van der Waals surface area contributed by atoms with Crippen LogP contribution < -0.4 is 4.72 Å². The van der Waals surface area contributed by atoms with E-state index in [-0.39, 0.29) is 4.90 Å². The smallest absolute Gasteiger partial charge is 0.207 e. The summed E-state index contributed by atoms with van der Waals surface area (Å²) in [7, 11) is -3.71. The highest BCUT2D eigenvalue weighted by atomic mass is 35.5. The molecule has 1 N–H and O–H groups in total. The molecule has 2 rings (SSSR count). The van der Waals surface area contributed by atoms with Crippen molar-refractivity contribution < 1.29 is 8.42 Å². The van der Waals surface area contributed by atoms with Crippen LogP contribution in [0.2, 0.25) is 5.02 Å². The molecule has 6 heteroatoms. The van der Waals surface area contributed by atoms with E-state index in [1.807, 2.05) is 0 Å². The van der Waals surface area contributed by atoms with Gasteiger partial charge in [0.05, 0.1) is 11.0 Å². The number of benzene rings is 1. The van der Waals surface area contributed by atoms with Crippen molar-refractivity contribution in [1.29, 1.82) is 5.26 Å². The van der Waals surface area contributed by atoms with Crippen LogP contribution in [-0.2, 0) is 10.0 Å². The van der Waals surface area contributed by atoms with Gasteiger partial charge in [-0.05, 0) is 37.1 Å². The molecule has 0 amide bonds. The Hall–Kier alpha value is -1.09. The van der Waals surface area contributed by atoms with Gasteiger partial charge in [0.2, 0.25) is 10.0 Å². The van der Waals surface area contributed by atoms with Gasteiger partial charge < -0.3 is 0 Å². The van der Waals surface area contributed by atoms with E-state index in [1.54, 1.807) is 0 Å². The Morgan fingerprint density at radius 2 is 1.57 bits per heavy atom. The molecule has 1 saturated carbocycles. The standard InChI is InChI=1S/C15H19ClN2O2S/c16-13-6-8-14(9-7-13)21(19,20)18-15(12-17)10-4-2-1-3-5-11-15/h6-9,18H,1-5,10-11H2. The number of hydrogen-bond donors (Lipinski definition) is 1. The van der Waals surface area contributed by atoms with Gasteiger partial charge in [0, 0.05) is 5.02 Å². The Morgan fingerprint density at radius 1 is 1.05 bits per heavy atom. The van der Waals surface area contributed by atoms with E-state index < -0.39 is 15.6 Å². The molecule has 1 aromatic carbocycles. The van der Waals surface area contributed by atoms with Crippen LogP contribution in [0.25, 0.3) is 0 Å². The SMILES string of the molecule is N#CC1(NS(=O)(=O)c2ccc(Cl)cc2)CCCCCCC1. The molecule has 0 atom stereocenters. The van der Waals surface area contributed by atoms with Gasteiger partial charge in [-0.2, -0.15) is 9.98 Å². The Morgan fingerprint density at radius 3 is 2.10 bits per heavy atom. The van der Waals surface area contributed by atoms with E-state index in [2.05, 4.69) is 10.8 Å². The molecular weight excluding hydrogens is 308 g/mol. The first-order valence-corrected chi connectivity index (χ1v) is 9.04. The van der Waals surface area contributed by atoms with Crippen molar-refractivity contribution >= 4 is 21.6 Å². The number of hydrogen-bond acceptors (Lipinski definition) is 3. The molecule has 1 fully saturated rings. The topological polar surface area (TPSA) is 70.0 Å². The van der Waals surface area contributed by atoms with Crippen molar-refractivity contribution in [3.05, 3.63) is 29.3 Å². The van der Waals surface area contributed by atoms with Crippen molar-refractivity contribution in [2.24, 2.45) is 0 Å². The minimum Gasteiger partial charge on any atom is -0.207 e. The maximum Gasteiger partial charge on any atom is 0.241 e. The summed E-state index contributed by atoms with van der Waals surface area (Å²) in [5.41, 5.74) is -0.987. The molecule has 0 heterocycles. The summed E-state index contributed by atoms with van der Waals surface area (Å²) in [5, 5.41) is 10.00. The second-order valence-corrected chi connectivity index (χ2v) is 7.64. The Bertz CT molecular complexity index is 612. The van der Waals surface area contributed by atoms with Crippen LogP contribution in [0.1, 0.15) is 44.9 Å². The lowest BCUT2D eigenvalue weighted by Gasteiger charge is -2.29. The van der Waals surface area contributed by atoms with Crippen molar-refractivity contribution in [3.8, 4) is 6.07 Å². The van der Waals surface area contributed by atoms with Gasteiger partial charge in [0.25, 0.3) is 0 Å². The summed E-state index contributed by atoms with van der Waals surface area (Å²) in [6.07, 6.45) is 6.13. The monoisotopic (exact) mass is 326 g/mol. The van der Waals surface area contributed by atoms with Gasteiger partial charge in [-0.1, -0.05) is 43.7 Å². The quantitative estimate of drug-likeness (QED) is 0.922. The summed E-state index contributed by atoms with van der Waals surface area (Å²) in [5.74, 6) is 0. The predicted molar refractivity (Wildman–Crippen MR) is 82.4 cm³/mol. The number of sulfonamides is 1. The van der Waals surface area contributed by atoms with Crippen LogP contribution in [0, 0.1) is 11.3 Å². The second-order valence-electron chi connectivity index (χ2n) is 5.52. The summed E-state index contributed by atoms with van der Waals surface area (Å²) < 4.78 is 27.6. The number of nitriles is 1. The first kappa shape index (κ1) is 16.3. The number of nitrogens with zero attached hydrogens (tertiary/aromatic N) is 1. The van der Waals surface area contributed by atoms with E-state index >= 15 is 0 Å². The fourth-order valence-corrected chi connectivity index (χ4v) is 4.18. The number of rotatable bonds is 3. The maximum absolute atomic E-state index is 12.5. The molecule has 0 saturated heterocycles. The fraction of sp³-hybridized carbons (Fsp3) is 0.533. The normalized spacial score (nSPS) is 19.2. The molecule has 0 aliphatic heterocycles. The first-order chi connectivity index (χ1) is 9.97. The van der Waals surface area contributed by atoms with Gasteiger partial charge in [0.15, 0.2) is 0 Å². The third-order valence-electron chi connectivity index (χ3n) is 3.87. The number of nitrogens with one attached hydrogen (secondary N) is 1. The van der Waals surface area contributed by atoms with Crippen molar-refractivity contribution in [2.45, 2.75) is 55.4 Å². The van der Waals surface area contributed by atoms with E-state index in [4.69, 9.17) is 11.6 Å². The minimum absolute atomic E-state index is 0.142. The van der Waals surface area contributed by atoms with Crippen LogP contribution in [0.15, 0.2) is 29.2 Å². The first-order valence-electron chi connectivity index (χ1n) is 7.18. The molecular formula is C15H19ClN2O2S. The molecule has 1 aliphatic carbocycles. The summed E-state index contributed by atoms with van der Waals surface area (Å²) in [4.78, 5) is 0.142. The highest BCUT2D eigenvalue weighted by molar-refractivity contribution is 7.89. The van der Waals surface area contributed by atoms with Crippen LogP contribution in [-0.4, -0.2) is 14.0 Å². The van der Waals surface area contributed by atoms with Gasteiger partial charge >= 0.3 is 0 Å². The van der Waals surface area contributed by atoms with E-state index in [0.29, 0.717) is 17.9 Å². The molecule has 1 aliphatic rings. The predicted octanol–water partition coefficient (Wildman–Crippen LogP) is 3.62. The molecule has 114 valence electrons. The average Bonchev–Trinajstić information content (AvgIpc) is 2.42. The third kappa shape index (κ3) is 4.19. The second kappa shape index (κ2) is 6.78. The Labute approximate surface area is 131 Å². The summed E-state index contributed by atoms with van der Waals surface area (Å²) in [6, 6.07) is 8.19. The van der Waals surface area contributed by atoms with Crippen molar-refractivity contribution in [1.82, 2.24) is 4.72 Å². The zero-order valence-corrected chi connectivity index (χ0v) is 13.4. The van der Waals surface area contributed by atoms with Gasteiger partial charge in [-0.15, -0.1) is 0 Å². The van der Waals surface area contributed by atoms with Gasteiger partial charge in [-0.3, -0.25) is 0 Å². The molecule has 0 spiro atoms. The third-order valence-corrected chi connectivity index (χ3v) is 5.68. The van der Waals surface area contributed by atoms with E-state index in [9.17, 15) is 13.7 Å². The average molecular weight is 327 g/mol. The molecule has 0 aromatic heterocycles. The zero-order chi connectivity index (χ0) is 15.3. The van der Waals surface area contributed by atoms with Crippen LogP contribution in [0.4, 0.5) is 0 Å². The molecule has 4 nitrogen and oxygen atoms in total. The Balaban J connectivity index is 2.23. The van der Waals surface area contributed by atoms with E-state index in [1.165, 1.54) is 24.3 Å². The zero-order valence-electron chi connectivity index (χ0n) is 11.8. The molecule has 0 bridgehead atoms. The molecule has 0 unspecified atom stereocenters. The number of halogens is 1. The molecule has 21 heavy (non-hydrogen) atoms. The fourth-order valence-electron chi connectivity index (χ4n) is 2.68. The van der Waals surface area contributed by atoms with Gasteiger partial charge in [0.1, 0.15) is 5.54 Å². The molecule has 1 aromatic rings. The lowest BCUT2D eigenvalue weighted by molar-refractivity contribution is 0.357. The van der Waals surface area contributed by atoms with Gasteiger partial charge in [-0.25, -0.2) is 8.42 Å². The summed E-state index contributed by atoms with van der Waals surface area (Å²) >= 11 is 5.78. The van der Waals surface area contributed by atoms with Crippen LogP contribution in [0.5, 0.6) is 0 Å². The summed E-state index contributed by atoms with van der Waals surface area (Å²) in [6.45, 7) is 0. The minimum atomic E-state index is -3.71. The maximum atomic E-state index is 12.5. The van der Waals surface area contributed by atoms with Crippen LogP contribution >= 0.6 is 11.6 Å². The van der Waals surface area contributed by atoms with E-state index in [0.717, 1.165) is 32.1 Å². The lowest BCUT2D eigenvalue weighted by atomic mass is 9.86. The molecule has 0 radical (unpaired) electrons. The van der Waals surface area contributed by atoms with Crippen molar-refractivity contribution in [3.63, 3.8) is 0 Å². The lowest BCUT2D eigenvalue weighted by Crippen LogP contribution is -2.47.